The second kappa shape index (κ2) is 8.13. The van der Waals surface area contributed by atoms with Crippen LogP contribution in [0.15, 0.2) is 18.5 Å². The van der Waals surface area contributed by atoms with Gasteiger partial charge in [-0.3, -0.25) is 14.3 Å². The number of amides is 3. The molecule has 11 heteroatoms. The summed E-state index contributed by atoms with van der Waals surface area (Å²) in [6, 6.07) is 1.91. The minimum Gasteiger partial charge on any atom is -0.444 e. The lowest BCUT2D eigenvalue weighted by Gasteiger charge is -2.33. The molecule has 3 amide bonds. The first-order valence-corrected chi connectivity index (χ1v) is 10.5. The van der Waals surface area contributed by atoms with Crippen LogP contribution < -0.4 is 10.6 Å². The minimum atomic E-state index is -0.798. The van der Waals surface area contributed by atoms with Gasteiger partial charge in [0.25, 0.3) is 0 Å². The summed E-state index contributed by atoms with van der Waals surface area (Å²) in [6.45, 7) is 6.60. The summed E-state index contributed by atoms with van der Waals surface area (Å²) in [4.78, 5) is 45.5. The van der Waals surface area contributed by atoms with Crippen LogP contribution in [0.4, 0.5) is 10.6 Å². The second-order valence-electron chi connectivity index (χ2n) is 8.79. The molecule has 3 aromatic rings. The Morgan fingerprint density at radius 1 is 1.16 bits per heavy atom. The van der Waals surface area contributed by atoms with E-state index >= 15 is 0 Å². The molecular weight excluding hydrogens is 414 g/mol. The summed E-state index contributed by atoms with van der Waals surface area (Å²) < 4.78 is 7.36. The van der Waals surface area contributed by atoms with E-state index in [-0.39, 0.29) is 18.0 Å². The number of anilines is 1. The zero-order valence-corrected chi connectivity index (χ0v) is 18.6. The van der Waals surface area contributed by atoms with Crippen LogP contribution in [-0.4, -0.2) is 68.3 Å². The maximum atomic E-state index is 12.4. The van der Waals surface area contributed by atoms with Gasteiger partial charge in [0.1, 0.15) is 11.2 Å². The van der Waals surface area contributed by atoms with Crippen molar-refractivity contribution in [2.45, 2.75) is 45.3 Å². The van der Waals surface area contributed by atoms with Crippen molar-refractivity contribution in [3.05, 3.63) is 18.5 Å². The van der Waals surface area contributed by atoms with E-state index in [0.29, 0.717) is 37.0 Å². The number of hydrogen-bond donors (Lipinski definition) is 3. The van der Waals surface area contributed by atoms with Crippen LogP contribution >= 0.6 is 0 Å². The van der Waals surface area contributed by atoms with Gasteiger partial charge in [-0.05, 0) is 39.7 Å². The molecule has 0 bridgehead atoms. The van der Waals surface area contributed by atoms with Crippen molar-refractivity contribution in [1.82, 2.24) is 30.0 Å². The molecular formula is C21H27N7O4. The zero-order valence-electron chi connectivity index (χ0n) is 18.6. The lowest BCUT2D eigenvalue weighted by molar-refractivity contribution is -0.135. The average molecular weight is 441 g/mol. The van der Waals surface area contributed by atoms with Gasteiger partial charge in [0.05, 0.1) is 16.9 Å². The monoisotopic (exact) mass is 441 g/mol. The van der Waals surface area contributed by atoms with Crippen LogP contribution in [0.3, 0.4) is 0 Å². The van der Waals surface area contributed by atoms with E-state index in [9.17, 15) is 14.4 Å². The van der Waals surface area contributed by atoms with E-state index in [4.69, 9.17) is 4.74 Å². The highest BCUT2D eigenvalue weighted by Gasteiger charge is 2.30. The quantitative estimate of drug-likeness (QED) is 0.522. The van der Waals surface area contributed by atoms with E-state index in [0.717, 1.165) is 10.9 Å². The summed E-state index contributed by atoms with van der Waals surface area (Å²) in [5.41, 5.74) is 0.977. The fourth-order valence-electron chi connectivity index (χ4n) is 3.88. The normalized spacial score (nSPS) is 15.2. The summed E-state index contributed by atoms with van der Waals surface area (Å²) in [7, 11) is 1.39. The summed E-state index contributed by atoms with van der Waals surface area (Å²) in [6.07, 6.45) is 4.45. The van der Waals surface area contributed by atoms with Crippen molar-refractivity contribution >= 4 is 45.7 Å². The van der Waals surface area contributed by atoms with Gasteiger partial charge >= 0.3 is 17.9 Å². The Kier molecular flexibility index (Phi) is 5.49. The van der Waals surface area contributed by atoms with Crippen molar-refractivity contribution < 1.29 is 19.1 Å². The third-order valence-electron chi connectivity index (χ3n) is 5.38. The fourth-order valence-corrected chi connectivity index (χ4v) is 3.88. The highest BCUT2D eigenvalue weighted by Crippen LogP contribution is 2.34. The lowest BCUT2D eigenvalue weighted by Crippen LogP contribution is -2.42. The molecule has 1 saturated heterocycles. The van der Waals surface area contributed by atoms with Gasteiger partial charge in [-0.2, -0.15) is 5.10 Å². The molecule has 4 rings (SSSR count). The third-order valence-corrected chi connectivity index (χ3v) is 5.38. The molecule has 0 atom stereocenters. The number of aromatic nitrogens is 4. The van der Waals surface area contributed by atoms with Crippen LogP contribution in [0.1, 0.15) is 39.7 Å². The molecule has 0 aromatic carbocycles. The van der Waals surface area contributed by atoms with Crippen LogP contribution in [0, 0.1) is 0 Å². The molecule has 1 aliphatic rings. The number of piperidine rings is 1. The van der Waals surface area contributed by atoms with Crippen molar-refractivity contribution in [1.29, 1.82) is 0 Å². The molecule has 1 fully saturated rings. The first-order chi connectivity index (χ1) is 15.2. The van der Waals surface area contributed by atoms with Gasteiger partial charge in [0, 0.05) is 37.9 Å². The van der Waals surface area contributed by atoms with Gasteiger partial charge < -0.3 is 25.3 Å². The standard InChI is InChI=1S/C21H27N7O4/c1-21(2,3)32-20(31)27-9-6-12(7-10-27)28-15-13-5-8-23-16(13)24-11-14(15)17(26-28)25-19(30)18(29)22-4/h5,8,11-12H,6-7,9-10H2,1-4H3,(H,22,29)(H,23,24)(H,25,26,30). The highest BCUT2D eigenvalue weighted by molar-refractivity contribution is 6.40. The van der Waals surface area contributed by atoms with Crippen LogP contribution in [0.5, 0.6) is 0 Å². The number of rotatable bonds is 2. The molecule has 11 nitrogen and oxygen atoms in total. The van der Waals surface area contributed by atoms with E-state index in [2.05, 4.69) is 25.7 Å². The first kappa shape index (κ1) is 21.6. The van der Waals surface area contributed by atoms with Gasteiger partial charge in [0.2, 0.25) is 0 Å². The maximum Gasteiger partial charge on any atom is 0.410 e. The molecule has 1 aliphatic heterocycles. The summed E-state index contributed by atoms with van der Waals surface area (Å²) in [5.74, 6) is -1.28. The highest BCUT2D eigenvalue weighted by atomic mass is 16.6. The fraction of sp³-hybridized carbons (Fsp3) is 0.476. The van der Waals surface area contributed by atoms with E-state index in [1.807, 2.05) is 31.5 Å². The predicted octanol–water partition coefficient (Wildman–Crippen LogP) is 2.17. The number of likely N-dealkylation sites (tertiary alicyclic amines) is 1. The SMILES string of the molecule is CNC(=O)C(=O)Nc1nn(C2CCN(C(=O)OC(C)(C)C)CC2)c2c1cnc1[nH]ccc12. The number of carbonyl (C=O) groups excluding carboxylic acids is 3. The molecule has 0 saturated carbocycles. The van der Waals surface area contributed by atoms with Gasteiger partial charge in [0.15, 0.2) is 5.82 Å². The largest absolute Gasteiger partial charge is 0.444 e. The molecule has 0 spiro atoms. The molecule has 0 radical (unpaired) electrons. The Balaban J connectivity index is 1.64. The lowest BCUT2D eigenvalue weighted by atomic mass is 10.1. The Hall–Kier alpha value is -3.63. The average Bonchev–Trinajstić information content (AvgIpc) is 3.36. The molecule has 3 aromatic heterocycles. The second-order valence-corrected chi connectivity index (χ2v) is 8.79. The number of ether oxygens (including phenoxy) is 1. The predicted molar refractivity (Wildman–Crippen MR) is 118 cm³/mol. The topological polar surface area (TPSA) is 134 Å². The molecule has 32 heavy (non-hydrogen) atoms. The smallest absolute Gasteiger partial charge is 0.410 e. The summed E-state index contributed by atoms with van der Waals surface area (Å²) in [5, 5.41) is 11.0. The molecule has 0 unspecified atom stereocenters. The van der Waals surface area contributed by atoms with E-state index < -0.39 is 17.4 Å². The number of H-pyrrole nitrogens is 1. The van der Waals surface area contributed by atoms with Crippen molar-refractivity contribution in [2.24, 2.45) is 0 Å². The number of hydrogen-bond acceptors (Lipinski definition) is 6. The van der Waals surface area contributed by atoms with Crippen LogP contribution in [-0.2, 0) is 14.3 Å². The minimum absolute atomic E-state index is 0.00217. The van der Waals surface area contributed by atoms with Gasteiger partial charge in [-0.15, -0.1) is 0 Å². The number of likely N-dealkylation sites (N-methyl/N-ethyl adjacent to an activating group) is 1. The maximum absolute atomic E-state index is 12.4. The Bertz CT molecular complexity index is 1180. The number of aromatic amines is 1. The van der Waals surface area contributed by atoms with Crippen molar-refractivity contribution in [2.75, 3.05) is 25.5 Å². The Morgan fingerprint density at radius 3 is 2.53 bits per heavy atom. The number of fused-ring (bicyclic) bond motifs is 3. The molecule has 170 valence electrons. The molecule has 3 N–H and O–H groups in total. The van der Waals surface area contributed by atoms with Gasteiger partial charge in [-0.1, -0.05) is 0 Å². The zero-order chi connectivity index (χ0) is 23.0. The Morgan fingerprint density at radius 2 is 1.88 bits per heavy atom. The Labute approximate surface area is 184 Å². The van der Waals surface area contributed by atoms with Crippen LogP contribution in [0.25, 0.3) is 21.9 Å². The number of pyridine rings is 1. The van der Waals surface area contributed by atoms with Gasteiger partial charge in [-0.25, -0.2) is 9.78 Å². The number of nitrogens with zero attached hydrogens (tertiary/aromatic N) is 4. The van der Waals surface area contributed by atoms with E-state index in [1.54, 1.807) is 17.3 Å². The molecule has 0 aliphatic carbocycles. The number of carbonyl (C=O) groups is 3. The van der Waals surface area contributed by atoms with Crippen molar-refractivity contribution in [3.63, 3.8) is 0 Å². The third kappa shape index (κ3) is 4.10. The first-order valence-electron chi connectivity index (χ1n) is 10.5. The summed E-state index contributed by atoms with van der Waals surface area (Å²) >= 11 is 0. The molecule has 4 heterocycles. The number of nitrogens with one attached hydrogen (secondary N) is 3. The van der Waals surface area contributed by atoms with Crippen LogP contribution in [0.2, 0.25) is 0 Å². The van der Waals surface area contributed by atoms with E-state index in [1.165, 1.54) is 7.05 Å². The van der Waals surface area contributed by atoms with Crippen molar-refractivity contribution in [3.8, 4) is 0 Å².